The van der Waals surface area contributed by atoms with Crippen LogP contribution in [-0.2, 0) is 4.74 Å². The number of anilines is 1. The van der Waals surface area contributed by atoms with Crippen LogP contribution in [0, 0.1) is 10.7 Å². The molecule has 0 saturated carbocycles. The fourth-order valence-electron chi connectivity index (χ4n) is 0.985. The molecule has 1 rings (SSSR count). The number of methoxy groups -OCH3 is 1. The number of carbonyl (C=O) groups excluding carboxylic acids is 1. The zero-order valence-corrected chi connectivity index (χ0v) is 8.30. The van der Waals surface area contributed by atoms with Crippen LogP contribution in [0.4, 0.5) is 5.69 Å². The molecule has 0 atom stereocenters. The molecule has 0 aliphatic heterocycles. The van der Waals surface area contributed by atoms with E-state index < -0.39 is 5.97 Å². The van der Waals surface area contributed by atoms with E-state index in [0.717, 1.165) is 11.8 Å². The first-order chi connectivity index (χ1) is 6.70. The molecule has 0 bridgehead atoms. The van der Waals surface area contributed by atoms with Crippen molar-refractivity contribution in [3.05, 3.63) is 23.8 Å². The lowest BCUT2D eigenvalue weighted by Gasteiger charge is -2.05. The Morgan fingerprint density at radius 2 is 2.36 bits per heavy atom. The Hall–Kier alpha value is -1.67. The molecule has 5 heteroatoms. The van der Waals surface area contributed by atoms with E-state index in [1.54, 1.807) is 18.2 Å². The Balaban J connectivity index is 3.22. The summed E-state index contributed by atoms with van der Waals surface area (Å²) < 4.78 is 4.56. The lowest BCUT2D eigenvalue weighted by Crippen LogP contribution is -2.04. The van der Waals surface area contributed by atoms with Crippen molar-refractivity contribution in [1.29, 1.82) is 5.26 Å². The highest BCUT2D eigenvalue weighted by Gasteiger charge is 2.14. The number of ether oxygens (including phenoxy) is 1. The minimum Gasteiger partial charge on any atom is -0.465 e. The average Bonchev–Trinajstić information content (AvgIpc) is 2.20. The van der Waals surface area contributed by atoms with Gasteiger partial charge in [-0.05, 0) is 23.9 Å². The number of nitriles is 1. The van der Waals surface area contributed by atoms with Crippen molar-refractivity contribution < 1.29 is 9.53 Å². The fourth-order valence-corrected chi connectivity index (χ4v) is 1.52. The van der Waals surface area contributed by atoms with Crippen molar-refractivity contribution >= 4 is 23.4 Å². The zero-order valence-electron chi connectivity index (χ0n) is 7.48. The van der Waals surface area contributed by atoms with Crippen LogP contribution >= 0.6 is 11.8 Å². The standard InChI is InChI=1S/C9H8N2O2S/c1-13-9(12)6-3-2-4-7(11)8(6)14-5-10/h2-4H,11H2,1H3. The predicted octanol–water partition coefficient (Wildman–Crippen LogP) is 1.63. The van der Waals surface area contributed by atoms with E-state index in [1.807, 2.05) is 5.40 Å². The molecule has 0 amide bonds. The van der Waals surface area contributed by atoms with Gasteiger partial charge >= 0.3 is 5.97 Å². The molecule has 0 spiro atoms. The summed E-state index contributed by atoms with van der Waals surface area (Å²) in [6.07, 6.45) is 0. The number of nitrogen functional groups attached to an aromatic ring is 1. The number of rotatable bonds is 2. The Kier molecular flexibility index (Phi) is 3.37. The molecule has 0 unspecified atom stereocenters. The van der Waals surface area contributed by atoms with E-state index in [2.05, 4.69) is 4.74 Å². The lowest BCUT2D eigenvalue weighted by atomic mass is 10.2. The van der Waals surface area contributed by atoms with Gasteiger partial charge in [0.2, 0.25) is 0 Å². The van der Waals surface area contributed by atoms with Gasteiger partial charge in [0, 0.05) is 5.69 Å². The van der Waals surface area contributed by atoms with Crippen molar-refractivity contribution in [2.45, 2.75) is 4.90 Å². The summed E-state index contributed by atoms with van der Waals surface area (Å²) in [7, 11) is 1.28. The average molecular weight is 208 g/mol. The Bertz CT molecular complexity index is 398. The quantitative estimate of drug-likeness (QED) is 0.346. The fraction of sp³-hybridized carbons (Fsp3) is 0.111. The minimum atomic E-state index is -0.491. The van der Waals surface area contributed by atoms with Crippen LogP contribution in [0.15, 0.2) is 23.1 Å². The maximum atomic E-state index is 11.3. The summed E-state index contributed by atoms with van der Waals surface area (Å²) in [6, 6.07) is 4.84. The molecule has 1 aromatic rings. The molecule has 0 saturated heterocycles. The molecule has 0 aromatic heterocycles. The largest absolute Gasteiger partial charge is 0.465 e. The molecule has 14 heavy (non-hydrogen) atoms. The number of hydrogen-bond donors (Lipinski definition) is 1. The molecule has 1 aromatic carbocycles. The summed E-state index contributed by atoms with van der Waals surface area (Å²) in [4.78, 5) is 11.7. The normalized spacial score (nSPS) is 9.14. The van der Waals surface area contributed by atoms with Gasteiger partial charge in [0.05, 0.1) is 17.6 Å². The van der Waals surface area contributed by atoms with Crippen LogP contribution in [0.2, 0.25) is 0 Å². The highest BCUT2D eigenvalue weighted by Crippen LogP contribution is 2.28. The van der Waals surface area contributed by atoms with Crippen molar-refractivity contribution in [2.75, 3.05) is 12.8 Å². The summed E-state index contributed by atoms with van der Waals surface area (Å²) in [5, 5.41) is 10.4. The van der Waals surface area contributed by atoms with E-state index >= 15 is 0 Å². The van der Waals surface area contributed by atoms with Gasteiger partial charge in [-0.1, -0.05) is 6.07 Å². The molecular weight excluding hydrogens is 200 g/mol. The first-order valence-electron chi connectivity index (χ1n) is 3.73. The molecule has 0 heterocycles. The number of thioether (sulfide) groups is 1. The van der Waals surface area contributed by atoms with Gasteiger partial charge in [-0.15, -0.1) is 0 Å². The third-order valence-electron chi connectivity index (χ3n) is 1.60. The first kappa shape index (κ1) is 10.4. The number of esters is 1. The number of nitrogens with two attached hydrogens (primary N) is 1. The van der Waals surface area contributed by atoms with Crippen LogP contribution < -0.4 is 5.73 Å². The van der Waals surface area contributed by atoms with Crippen molar-refractivity contribution in [3.8, 4) is 5.40 Å². The van der Waals surface area contributed by atoms with Crippen LogP contribution in [0.1, 0.15) is 10.4 Å². The first-order valence-corrected chi connectivity index (χ1v) is 4.55. The predicted molar refractivity (Wildman–Crippen MR) is 53.7 cm³/mol. The third kappa shape index (κ3) is 1.98. The Morgan fingerprint density at radius 1 is 1.64 bits per heavy atom. The maximum Gasteiger partial charge on any atom is 0.339 e. The molecule has 0 radical (unpaired) electrons. The van der Waals surface area contributed by atoms with Gasteiger partial charge in [-0.3, -0.25) is 0 Å². The van der Waals surface area contributed by atoms with Gasteiger partial charge < -0.3 is 10.5 Å². The summed E-state index contributed by atoms with van der Waals surface area (Å²) in [5.74, 6) is -0.491. The highest BCUT2D eigenvalue weighted by atomic mass is 32.2. The summed E-state index contributed by atoms with van der Waals surface area (Å²) in [5.41, 5.74) is 6.34. The van der Waals surface area contributed by atoms with E-state index in [9.17, 15) is 4.79 Å². The number of carbonyl (C=O) groups is 1. The molecular formula is C9H8N2O2S. The van der Waals surface area contributed by atoms with Gasteiger partial charge in [0.1, 0.15) is 5.40 Å². The van der Waals surface area contributed by atoms with Gasteiger partial charge in [0.25, 0.3) is 0 Å². The number of hydrogen-bond acceptors (Lipinski definition) is 5. The van der Waals surface area contributed by atoms with Crippen molar-refractivity contribution in [1.82, 2.24) is 0 Å². The summed E-state index contributed by atoms with van der Waals surface area (Å²) in [6.45, 7) is 0. The van der Waals surface area contributed by atoms with Crippen LogP contribution in [0.5, 0.6) is 0 Å². The Labute approximate surface area is 85.7 Å². The molecule has 2 N–H and O–H groups in total. The molecule has 0 fully saturated rings. The smallest absolute Gasteiger partial charge is 0.339 e. The lowest BCUT2D eigenvalue weighted by molar-refractivity contribution is 0.0597. The minimum absolute atomic E-state index is 0.319. The second kappa shape index (κ2) is 4.53. The van der Waals surface area contributed by atoms with E-state index in [1.165, 1.54) is 7.11 Å². The summed E-state index contributed by atoms with van der Waals surface area (Å²) >= 11 is 0.852. The molecule has 0 aliphatic carbocycles. The van der Waals surface area contributed by atoms with Gasteiger partial charge in [-0.2, -0.15) is 5.26 Å². The van der Waals surface area contributed by atoms with Crippen LogP contribution in [0.25, 0.3) is 0 Å². The maximum absolute atomic E-state index is 11.3. The highest BCUT2D eigenvalue weighted by molar-refractivity contribution is 8.04. The van der Waals surface area contributed by atoms with Gasteiger partial charge in [-0.25, -0.2) is 4.79 Å². The number of thiocyanates is 1. The van der Waals surface area contributed by atoms with E-state index in [-0.39, 0.29) is 0 Å². The number of benzene rings is 1. The molecule has 72 valence electrons. The van der Waals surface area contributed by atoms with E-state index in [0.29, 0.717) is 16.1 Å². The van der Waals surface area contributed by atoms with Crippen molar-refractivity contribution in [3.63, 3.8) is 0 Å². The number of nitrogens with zero attached hydrogens (tertiary/aromatic N) is 1. The molecule has 4 nitrogen and oxygen atoms in total. The second-order valence-electron chi connectivity index (χ2n) is 2.41. The van der Waals surface area contributed by atoms with Crippen LogP contribution in [-0.4, -0.2) is 13.1 Å². The SMILES string of the molecule is COC(=O)c1cccc(N)c1SC#N. The molecule has 0 aliphatic rings. The third-order valence-corrected chi connectivity index (χ3v) is 2.35. The van der Waals surface area contributed by atoms with Crippen LogP contribution in [0.3, 0.4) is 0 Å². The van der Waals surface area contributed by atoms with E-state index in [4.69, 9.17) is 11.0 Å². The Morgan fingerprint density at radius 3 is 2.93 bits per heavy atom. The van der Waals surface area contributed by atoms with Crippen molar-refractivity contribution in [2.24, 2.45) is 0 Å². The second-order valence-corrected chi connectivity index (χ2v) is 3.20. The van der Waals surface area contributed by atoms with Gasteiger partial charge in [0.15, 0.2) is 0 Å². The topological polar surface area (TPSA) is 76.1 Å². The monoisotopic (exact) mass is 208 g/mol. The zero-order chi connectivity index (χ0) is 10.6.